The molecule has 0 aliphatic rings. The normalized spacial score (nSPS) is 11.0. The number of hydrogen-bond acceptors (Lipinski definition) is 2. The average Bonchev–Trinajstić information content (AvgIpc) is 2.27. The fourth-order valence-corrected chi connectivity index (χ4v) is 1.81. The smallest absolute Gasteiger partial charge is 0.0912 e. The maximum atomic E-state index is 5.89. The highest BCUT2D eigenvalue weighted by Gasteiger charge is 2.08. The number of nitrogens with two attached hydrogens (primary N) is 1. The predicted molar refractivity (Wildman–Crippen MR) is 54.9 cm³/mol. The summed E-state index contributed by atoms with van der Waals surface area (Å²) < 4.78 is 1.77. The van der Waals surface area contributed by atoms with Gasteiger partial charge in [-0.3, -0.25) is 4.68 Å². The molecule has 0 spiro atoms. The van der Waals surface area contributed by atoms with Crippen LogP contribution in [0.5, 0.6) is 0 Å². The summed E-state index contributed by atoms with van der Waals surface area (Å²) in [5.74, 6) is 0. The minimum Gasteiger partial charge on any atom is -0.397 e. The Balaban J connectivity index is 2.97. The first-order chi connectivity index (χ1) is 6.09. The fourth-order valence-electron chi connectivity index (χ4n) is 1.59. The van der Waals surface area contributed by atoms with E-state index in [4.69, 9.17) is 17.3 Å². The SMILES string of the molecule is Cc1nn(C)c2c(N)cc(Cl)cc12. The van der Waals surface area contributed by atoms with Crippen molar-refractivity contribution >= 4 is 28.2 Å². The first-order valence-corrected chi connectivity index (χ1v) is 4.35. The molecule has 0 atom stereocenters. The van der Waals surface area contributed by atoms with Crippen LogP contribution in [0, 0.1) is 6.92 Å². The number of aryl methyl sites for hydroxylation is 2. The second kappa shape index (κ2) is 2.64. The van der Waals surface area contributed by atoms with Crippen LogP contribution in [0.3, 0.4) is 0 Å². The van der Waals surface area contributed by atoms with E-state index >= 15 is 0 Å². The van der Waals surface area contributed by atoms with Crippen molar-refractivity contribution in [3.8, 4) is 0 Å². The summed E-state index contributed by atoms with van der Waals surface area (Å²) in [4.78, 5) is 0. The van der Waals surface area contributed by atoms with Crippen molar-refractivity contribution in [3.05, 3.63) is 22.8 Å². The third-order valence-electron chi connectivity index (χ3n) is 2.12. The summed E-state index contributed by atoms with van der Waals surface area (Å²) in [6, 6.07) is 3.63. The van der Waals surface area contributed by atoms with E-state index in [2.05, 4.69) is 5.10 Å². The van der Waals surface area contributed by atoms with Crippen molar-refractivity contribution in [1.82, 2.24) is 9.78 Å². The molecule has 0 saturated carbocycles. The van der Waals surface area contributed by atoms with Gasteiger partial charge in [-0.25, -0.2) is 0 Å². The Bertz CT molecular complexity index is 473. The largest absolute Gasteiger partial charge is 0.397 e. The van der Waals surface area contributed by atoms with Crippen LogP contribution in [0.1, 0.15) is 5.69 Å². The molecule has 0 fully saturated rings. The zero-order valence-corrected chi connectivity index (χ0v) is 8.26. The number of nitrogens with zero attached hydrogens (tertiary/aromatic N) is 2. The van der Waals surface area contributed by atoms with Crippen LogP contribution in [-0.2, 0) is 7.05 Å². The molecular formula is C9H10ClN3. The molecule has 2 N–H and O–H groups in total. The molecule has 0 unspecified atom stereocenters. The molecule has 2 rings (SSSR count). The van der Waals surface area contributed by atoms with Gasteiger partial charge in [-0.05, 0) is 19.1 Å². The van der Waals surface area contributed by atoms with E-state index in [-0.39, 0.29) is 0 Å². The number of anilines is 1. The Morgan fingerprint density at radius 2 is 2.15 bits per heavy atom. The molecule has 13 heavy (non-hydrogen) atoms. The van der Waals surface area contributed by atoms with E-state index < -0.39 is 0 Å². The summed E-state index contributed by atoms with van der Waals surface area (Å²) in [6.45, 7) is 1.94. The molecule has 0 radical (unpaired) electrons. The summed E-state index contributed by atoms with van der Waals surface area (Å²) in [7, 11) is 1.87. The highest BCUT2D eigenvalue weighted by molar-refractivity contribution is 6.31. The molecule has 3 nitrogen and oxygen atoms in total. The van der Waals surface area contributed by atoms with Crippen LogP contribution in [-0.4, -0.2) is 9.78 Å². The summed E-state index contributed by atoms with van der Waals surface area (Å²) in [5, 5.41) is 5.94. The second-order valence-corrected chi connectivity index (χ2v) is 3.54. The van der Waals surface area contributed by atoms with E-state index in [1.54, 1.807) is 10.7 Å². The monoisotopic (exact) mass is 195 g/mol. The quantitative estimate of drug-likeness (QED) is 0.655. The Morgan fingerprint density at radius 3 is 2.85 bits per heavy atom. The highest BCUT2D eigenvalue weighted by atomic mass is 35.5. The maximum Gasteiger partial charge on any atom is 0.0912 e. The van der Waals surface area contributed by atoms with Gasteiger partial charge in [0.2, 0.25) is 0 Å². The molecule has 68 valence electrons. The van der Waals surface area contributed by atoms with Gasteiger partial charge in [0.1, 0.15) is 0 Å². The van der Waals surface area contributed by atoms with Crippen molar-refractivity contribution in [2.75, 3.05) is 5.73 Å². The van der Waals surface area contributed by atoms with Gasteiger partial charge >= 0.3 is 0 Å². The molecule has 0 amide bonds. The van der Waals surface area contributed by atoms with E-state index in [0.717, 1.165) is 16.6 Å². The minimum absolute atomic E-state index is 0.654. The number of hydrogen-bond donors (Lipinski definition) is 1. The number of nitrogen functional groups attached to an aromatic ring is 1. The third kappa shape index (κ3) is 1.16. The van der Waals surface area contributed by atoms with E-state index in [1.807, 2.05) is 20.0 Å². The minimum atomic E-state index is 0.654. The number of rotatable bonds is 0. The second-order valence-electron chi connectivity index (χ2n) is 3.10. The fraction of sp³-hybridized carbons (Fsp3) is 0.222. The first kappa shape index (κ1) is 8.38. The average molecular weight is 196 g/mol. The Hall–Kier alpha value is -1.22. The number of benzene rings is 1. The topological polar surface area (TPSA) is 43.8 Å². The Kier molecular flexibility index (Phi) is 1.70. The van der Waals surface area contributed by atoms with Gasteiger partial charge in [-0.2, -0.15) is 5.10 Å². The standard InChI is InChI=1S/C9H10ClN3/c1-5-7-3-6(10)4-8(11)9(7)13(2)12-5/h3-4H,11H2,1-2H3. The van der Waals surface area contributed by atoms with Crippen LogP contribution in [0.15, 0.2) is 12.1 Å². The first-order valence-electron chi connectivity index (χ1n) is 3.98. The molecular weight excluding hydrogens is 186 g/mol. The van der Waals surface area contributed by atoms with Crippen molar-refractivity contribution in [2.45, 2.75) is 6.92 Å². The van der Waals surface area contributed by atoms with Crippen molar-refractivity contribution in [3.63, 3.8) is 0 Å². The van der Waals surface area contributed by atoms with Gasteiger partial charge < -0.3 is 5.73 Å². The van der Waals surface area contributed by atoms with Crippen LogP contribution in [0.2, 0.25) is 5.02 Å². The molecule has 0 aliphatic carbocycles. The Morgan fingerprint density at radius 1 is 1.46 bits per heavy atom. The maximum absolute atomic E-state index is 5.89. The van der Waals surface area contributed by atoms with Crippen molar-refractivity contribution < 1.29 is 0 Å². The lowest BCUT2D eigenvalue weighted by atomic mass is 10.2. The highest BCUT2D eigenvalue weighted by Crippen LogP contribution is 2.27. The van der Waals surface area contributed by atoms with Crippen molar-refractivity contribution in [2.24, 2.45) is 7.05 Å². The lowest BCUT2D eigenvalue weighted by molar-refractivity contribution is 0.784. The van der Waals surface area contributed by atoms with Gasteiger partial charge in [-0.1, -0.05) is 11.6 Å². The summed E-state index contributed by atoms with van der Waals surface area (Å²) >= 11 is 5.89. The van der Waals surface area contributed by atoms with Crippen LogP contribution in [0.4, 0.5) is 5.69 Å². The van der Waals surface area contributed by atoms with Gasteiger partial charge in [0.15, 0.2) is 0 Å². The van der Waals surface area contributed by atoms with Gasteiger partial charge in [-0.15, -0.1) is 0 Å². The number of aromatic nitrogens is 2. The number of halogens is 1. The molecule has 1 heterocycles. The van der Waals surface area contributed by atoms with Gasteiger partial charge in [0.25, 0.3) is 0 Å². The lowest BCUT2D eigenvalue weighted by Gasteiger charge is -1.99. The predicted octanol–water partition coefficient (Wildman–Crippen LogP) is 2.12. The zero-order chi connectivity index (χ0) is 9.59. The molecule has 0 bridgehead atoms. The molecule has 0 saturated heterocycles. The van der Waals surface area contributed by atoms with E-state index in [1.165, 1.54) is 0 Å². The summed E-state index contributed by atoms with van der Waals surface area (Å²) in [5.41, 5.74) is 8.39. The van der Waals surface area contributed by atoms with Crippen LogP contribution >= 0.6 is 11.6 Å². The van der Waals surface area contributed by atoms with E-state index in [9.17, 15) is 0 Å². The van der Waals surface area contributed by atoms with Crippen LogP contribution in [0.25, 0.3) is 10.9 Å². The third-order valence-corrected chi connectivity index (χ3v) is 2.34. The molecule has 4 heteroatoms. The van der Waals surface area contributed by atoms with Gasteiger partial charge in [0, 0.05) is 17.5 Å². The van der Waals surface area contributed by atoms with E-state index in [0.29, 0.717) is 10.7 Å². The van der Waals surface area contributed by atoms with Crippen molar-refractivity contribution in [1.29, 1.82) is 0 Å². The van der Waals surface area contributed by atoms with Crippen LogP contribution < -0.4 is 5.73 Å². The molecule has 1 aromatic heterocycles. The molecule has 0 aliphatic heterocycles. The van der Waals surface area contributed by atoms with Gasteiger partial charge in [0.05, 0.1) is 16.9 Å². The lowest BCUT2D eigenvalue weighted by Crippen LogP contribution is -1.94. The summed E-state index contributed by atoms with van der Waals surface area (Å²) in [6.07, 6.45) is 0. The Labute approximate surface area is 81.1 Å². The number of fused-ring (bicyclic) bond motifs is 1. The zero-order valence-electron chi connectivity index (χ0n) is 7.50. The molecule has 1 aromatic carbocycles. The molecule has 2 aromatic rings.